The average Bonchev–Trinajstić information content (AvgIpc) is 2.94. The van der Waals surface area contributed by atoms with Gasteiger partial charge in [-0.25, -0.2) is 4.79 Å². The lowest BCUT2D eigenvalue weighted by atomic mass is 9.71. The molecule has 1 saturated carbocycles. The van der Waals surface area contributed by atoms with E-state index in [0.717, 1.165) is 42.2 Å². The van der Waals surface area contributed by atoms with Gasteiger partial charge in [-0.15, -0.1) is 0 Å². The lowest BCUT2D eigenvalue weighted by Gasteiger charge is -2.47. The monoisotopic (exact) mass is 532 g/mol. The van der Waals surface area contributed by atoms with Gasteiger partial charge in [0.25, 0.3) is 5.91 Å². The van der Waals surface area contributed by atoms with Crippen LogP contribution in [0, 0.1) is 12.8 Å². The van der Waals surface area contributed by atoms with Crippen LogP contribution in [0.4, 0.5) is 0 Å². The maximum atomic E-state index is 12.7. The molecule has 2 heterocycles. The Balaban J connectivity index is 1.11. The van der Waals surface area contributed by atoms with Crippen molar-refractivity contribution in [1.29, 1.82) is 0 Å². The molecule has 5 rings (SSSR count). The summed E-state index contributed by atoms with van der Waals surface area (Å²) < 4.78 is 11.2. The first-order valence-electron chi connectivity index (χ1n) is 13.8. The normalized spacial score (nSPS) is 20.9. The second-order valence-electron chi connectivity index (χ2n) is 10.8. The molecule has 39 heavy (non-hydrogen) atoms. The molecule has 2 atom stereocenters. The Labute approximate surface area is 228 Å². The van der Waals surface area contributed by atoms with Crippen LogP contribution in [0.5, 0.6) is 5.75 Å². The Bertz CT molecular complexity index is 1400. The number of aliphatic hydroxyl groups is 1. The largest absolute Gasteiger partial charge is 0.484 e. The minimum Gasteiger partial charge on any atom is -0.484 e. The summed E-state index contributed by atoms with van der Waals surface area (Å²) in [5.41, 5.74) is 1.92. The molecule has 1 saturated heterocycles. The summed E-state index contributed by atoms with van der Waals surface area (Å²) >= 11 is 0. The molecule has 0 unspecified atom stereocenters. The number of rotatable bonds is 8. The highest BCUT2D eigenvalue weighted by molar-refractivity contribution is 5.83. The predicted molar refractivity (Wildman–Crippen MR) is 148 cm³/mol. The van der Waals surface area contributed by atoms with E-state index in [0.29, 0.717) is 42.8 Å². The van der Waals surface area contributed by atoms with Crippen molar-refractivity contribution < 1.29 is 23.8 Å². The van der Waals surface area contributed by atoms with Gasteiger partial charge < -0.3 is 24.5 Å². The molecule has 2 amide bonds. The van der Waals surface area contributed by atoms with Crippen LogP contribution in [0.2, 0.25) is 0 Å². The molecule has 1 aromatic heterocycles. The Kier molecular flexibility index (Phi) is 8.02. The maximum absolute atomic E-state index is 12.7. The number of ether oxygens (including phenoxy) is 1. The van der Waals surface area contributed by atoms with Crippen molar-refractivity contribution in [3.63, 3.8) is 0 Å². The van der Waals surface area contributed by atoms with E-state index < -0.39 is 5.60 Å². The summed E-state index contributed by atoms with van der Waals surface area (Å²) in [6, 6.07) is 15.0. The zero-order valence-electron chi connectivity index (χ0n) is 22.4. The van der Waals surface area contributed by atoms with E-state index in [1.807, 2.05) is 48.2 Å². The molecule has 0 spiro atoms. The first kappa shape index (κ1) is 26.9. The number of piperidine rings is 1. The van der Waals surface area contributed by atoms with Crippen LogP contribution in [0.25, 0.3) is 11.0 Å². The summed E-state index contributed by atoms with van der Waals surface area (Å²) in [5.74, 6) is 0.229. The minimum absolute atomic E-state index is 0.00426. The van der Waals surface area contributed by atoms with Crippen LogP contribution < -0.4 is 15.7 Å². The molecule has 8 nitrogen and oxygen atoms in total. The maximum Gasteiger partial charge on any atom is 0.340 e. The van der Waals surface area contributed by atoms with Gasteiger partial charge in [-0.2, -0.15) is 0 Å². The molecule has 3 aromatic rings. The first-order valence-corrected chi connectivity index (χ1v) is 13.8. The van der Waals surface area contributed by atoms with Crippen LogP contribution in [0.15, 0.2) is 57.7 Å². The minimum atomic E-state index is -0.616. The predicted octanol–water partition coefficient (Wildman–Crippen LogP) is 3.73. The molecular weight excluding hydrogens is 496 g/mol. The number of aryl methyl sites for hydroxylation is 1. The molecule has 1 aliphatic carbocycles. The first-order chi connectivity index (χ1) is 18.8. The topological polar surface area (TPSA) is 109 Å². The highest BCUT2D eigenvalue weighted by atomic mass is 16.5. The summed E-state index contributed by atoms with van der Waals surface area (Å²) in [4.78, 5) is 39.5. The van der Waals surface area contributed by atoms with Crippen molar-refractivity contribution >= 4 is 22.8 Å². The smallest absolute Gasteiger partial charge is 0.340 e. The second-order valence-corrected chi connectivity index (χ2v) is 10.8. The Morgan fingerprint density at radius 2 is 1.97 bits per heavy atom. The molecule has 2 fully saturated rings. The van der Waals surface area contributed by atoms with E-state index in [2.05, 4.69) is 5.32 Å². The molecule has 2 aromatic carbocycles. The van der Waals surface area contributed by atoms with E-state index in [4.69, 9.17) is 9.15 Å². The second kappa shape index (κ2) is 11.6. The van der Waals surface area contributed by atoms with E-state index in [1.54, 1.807) is 12.1 Å². The number of nitrogens with one attached hydrogen (secondary N) is 1. The average molecular weight is 533 g/mol. The van der Waals surface area contributed by atoms with Crippen LogP contribution in [-0.2, 0) is 16.0 Å². The molecule has 206 valence electrons. The molecule has 8 heteroatoms. The molecule has 1 aliphatic heterocycles. The highest BCUT2D eigenvalue weighted by Crippen LogP contribution is 2.39. The third-order valence-corrected chi connectivity index (χ3v) is 8.29. The van der Waals surface area contributed by atoms with E-state index >= 15 is 0 Å². The highest BCUT2D eigenvalue weighted by Gasteiger charge is 2.43. The zero-order chi connectivity index (χ0) is 27.4. The van der Waals surface area contributed by atoms with Crippen molar-refractivity contribution in [3.05, 3.63) is 75.6 Å². The molecular formula is C31H36N2O6. The van der Waals surface area contributed by atoms with Crippen molar-refractivity contribution in [3.8, 4) is 5.75 Å². The zero-order valence-corrected chi connectivity index (χ0v) is 22.4. The molecule has 2 aliphatic rings. The third-order valence-electron chi connectivity index (χ3n) is 8.29. The van der Waals surface area contributed by atoms with Crippen molar-refractivity contribution in [2.24, 2.45) is 5.92 Å². The van der Waals surface area contributed by atoms with Crippen LogP contribution >= 0.6 is 0 Å². The van der Waals surface area contributed by atoms with Gasteiger partial charge in [0, 0.05) is 55.4 Å². The number of nitrogens with zero attached hydrogens (tertiary/aromatic N) is 1. The quantitative estimate of drug-likeness (QED) is 0.428. The number of carbonyl (C=O) groups excluding carboxylic acids is 2. The van der Waals surface area contributed by atoms with Crippen LogP contribution in [0.3, 0.4) is 0 Å². The lowest BCUT2D eigenvalue weighted by molar-refractivity contribution is -0.143. The van der Waals surface area contributed by atoms with Crippen molar-refractivity contribution in [2.75, 3.05) is 26.2 Å². The summed E-state index contributed by atoms with van der Waals surface area (Å²) in [5, 5.41) is 14.4. The summed E-state index contributed by atoms with van der Waals surface area (Å²) in [6.07, 6.45) is 5.27. The number of hydrogen-bond acceptors (Lipinski definition) is 6. The van der Waals surface area contributed by atoms with Gasteiger partial charge in [-0.1, -0.05) is 43.2 Å². The molecule has 2 N–H and O–H groups in total. The SMILES string of the molecule is Cc1c(Cc2ccccc2)c(=O)oc2cc(OCC(=O)NCCC(=O)N3CC[C@]4(O)CCCC[C@H]4C3)ccc12. The third kappa shape index (κ3) is 6.17. The fraction of sp³-hybridized carbons (Fsp3) is 0.452. The van der Waals surface area contributed by atoms with E-state index in [1.165, 1.54) is 0 Å². The van der Waals surface area contributed by atoms with Crippen LogP contribution in [0.1, 0.15) is 55.2 Å². The Morgan fingerprint density at radius 3 is 2.79 bits per heavy atom. The molecule has 0 bridgehead atoms. The Morgan fingerprint density at radius 1 is 1.15 bits per heavy atom. The summed E-state index contributed by atoms with van der Waals surface area (Å²) in [6.45, 7) is 3.08. The van der Waals surface area contributed by atoms with Gasteiger partial charge in [0.15, 0.2) is 6.61 Å². The number of benzene rings is 2. The van der Waals surface area contributed by atoms with E-state index in [-0.39, 0.29) is 42.9 Å². The fourth-order valence-electron chi connectivity index (χ4n) is 5.93. The standard InChI is InChI=1S/C31H36N2O6/c1-21-25-11-10-24(18-27(25)39-30(36)26(21)17-22-7-3-2-4-8-22)38-20-28(34)32-15-12-29(35)33-16-14-31(37)13-6-5-9-23(31)19-33/h2-4,7-8,10-11,18,23,37H,5-6,9,12-17,19-20H2,1H3,(H,32,34)/t23-,31+/m0/s1. The van der Waals surface area contributed by atoms with Crippen LogP contribution in [-0.4, -0.2) is 53.7 Å². The number of hydrogen-bond donors (Lipinski definition) is 2. The van der Waals surface area contributed by atoms with Crippen molar-refractivity contribution in [2.45, 2.75) is 57.5 Å². The van der Waals surface area contributed by atoms with Gasteiger partial charge in [0.1, 0.15) is 11.3 Å². The number of amides is 2. The number of likely N-dealkylation sites (tertiary alicyclic amines) is 1. The van der Waals surface area contributed by atoms with Gasteiger partial charge in [-0.3, -0.25) is 9.59 Å². The lowest BCUT2D eigenvalue weighted by Crippen LogP contribution is -2.54. The van der Waals surface area contributed by atoms with Gasteiger partial charge in [-0.05, 0) is 49.4 Å². The van der Waals surface area contributed by atoms with Gasteiger partial charge >= 0.3 is 5.63 Å². The van der Waals surface area contributed by atoms with Crippen molar-refractivity contribution in [1.82, 2.24) is 10.2 Å². The Hall–Kier alpha value is -3.65. The fourth-order valence-corrected chi connectivity index (χ4v) is 5.93. The molecule has 0 radical (unpaired) electrons. The van der Waals surface area contributed by atoms with Gasteiger partial charge in [0.2, 0.25) is 5.91 Å². The number of carbonyl (C=O) groups is 2. The summed E-state index contributed by atoms with van der Waals surface area (Å²) in [7, 11) is 0. The van der Waals surface area contributed by atoms with E-state index in [9.17, 15) is 19.5 Å². The number of fused-ring (bicyclic) bond motifs is 2. The van der Waals surface area contributed by atoms with Gasteiger partial charge in [0.05, 0.1) is 5.60 Å².